The summed E-state index contributed by atoms with van der Waals surface area (Å²) in [5.74, 6) is 0.182. The standard InChI is InChI=1S/C16H22N2O2/c1-12-4-2-5-13-7-9-18(16(12)13)11-14(19)10-17-8-3-6-15(17)20/h2,4-5,14,19H,3,6-11H2,1H3. The lowest BCUT2D eigenvalue weighted by Crippen LogP contribution is -2.40. The Morgan fingerprint density at radius 2 is 2.00 bits per heavy atom. The molecule has 1 fully saturated rings. The Hall–Kier alpha value is -1.55. The summed E-state index contributed by atoms with van der Waals surface area (Å²) in [5.41, 5.74) is 3.91. The van der Waals surface area contributed by atoms with E-state index in [1.807, 2.05) is 0 Å². The molecule has 1 aromatic rings. The zero-order valence-electron chi connectivity index (χ0n) is 12.0. The largest absolute Gasteiger partial charge is 0.389 e. The molecule has 1 aromatic carbocycles. The highest BCUT2D eigenvalue weighted by atomic mass is 16.3. The number of β-amino-alcohol motifs (C(OH)–C–C–N with tert-alkyl or cyclic N) is 1. The van der Waals surface area contributed by atoms with Crippen LogP contribution in [0.15, 0.2) is 18.2 Å². The predicted octanol–water partition coefficient (Wildman–Crippen LogP) is 1.34. The number of rotatable bonds is 4. The van der Waals surface area contributed by atoms with Crippen LogP contribution in [0.3, 0.4) is 0 Å². The van der Waals surface area contributed by atoms with Crippen LogP contribution in [0, 0.1) is 6.92 Å². The lowest BCUT2D eigenvalue weighted by Gasteiger charge is -2.27. The molecule has 108 valence electrons. The van der Waals surface area contributed by atoms with Crippen LogP contribution in [-0.4, -0.2) is 48.2 Å². The van der Waals surface area contributed by atoms with E-state index >= 15 is 0 Å². The van der Waals surface area contributed by atoms with Gasteiger partial charge in [0.2, 0.25) is 5.91 Å². The van der Waals surface area contributed by atoms with Crippen LogP contribution < -0.4 is 4.90 Å². The lowest BCUT2D eigenvalue weighted by molar-refractivity contribution is -0.128. The van der Waals surface area contributed by atoms with Crippen LogP contribution in [0.1, 0.15) is 24.0 Å². The minimum Gasteiger partial charge on any atom is -0.389 e. The highest BCUT2D eigenvalue weighted by molar-refractivity contribution is 5.78. The van der Waals surface area contributed by atoms with Gasteiger partial charge in [0.1, 0.15) is 0 Å². The van der Waals surface area contributed by atoms with Crippen molar-refractivity contribution in [2.24, 2.45) is 0 Å². The van der Waals surface area contributed by atoms with Crippen molar-refractivity contribution >= 4 is 11.6 Å². The maximum absolute atomic E-state index is 11.6. The smallest absolute Gasteiger partial charge is 0.222 e. The number of fused-ring (bicyclic) bond motifs is 1. The number of nitrogens with zero attached hydrogens (tertiary/aromatic N) is 2. The molecule has 0 saturated carbocycles. The monoisotopic (exact) mass is 274 g/mol. The van der Waals surface area contributed by atoms with Gasteiger partial charge in [0.15, 0.2) is 0 Å². The summed E-state index contributed by atoms with van der Waals surface area (Å²) in [6, 6.07) is 6.38. The molecule has 2 aliphatic heterocycles. The van der Waals surface area contributed by atoms with Gasteiger partial charge in [0.25, 0.3) is 0 Å². The molecule has 4 heteroatoms. The summed E-state index contributed by atoms with van der Waals surface area (Å²) < 4.78 is 0. The molecule has 2 aliphatic rings. The van der Waals surface area contributed by atoms with Crippen molar-refractivity contribution in [1.29, 1.82) is 0 Å². The summed E-state index contributed by atoms with van der Waals surface area (Å²) in [7, 11) is 0. The number of benzene rings is 1. The van der Waals surface area contributed by atoms with Crippen LogP contribution in [0.2, 0.25) is 0 Å². The molecule has 20 heavy (non-hydrogen) atoms. The van der Waals surface area contributed by atoms with Gasteiger partial charge in [-0.3, -0.25) is 4.79 Å². The quantitative estimate of drug-likeness (QED) is 0.901. The van der Waals surface area contributed by atoms with Gasteiger partial charge in [0, 0.05) is 38.3 Å². The highest BCUT2D eigenvalue weighted by Crippen LogP contribution is 2.31. The molecule has 1 unspecified atom stereocenters. The SMILES string of the molecule is Cc1cccc2c1N(CC(O)CN1CCCC1=O)CC2. The van der Waals surface area contributed by atoms with Gasteiger partial charge >= 0.3 is 0 Å². The number of anilines is 1. The number of likely N-dealkylation sites (tertiary alicyclic amines) is 1. The van der Waals surface area contributed by atoms with E-state index in [0.717, 1.165) is 25.9 Å². The number of amides is 1. The van der Waals surface area contributed by atoms with E-state index in [9.17, 15) is 9.90 Å². The van der Waals surface area contributed by atoms with E-state index in [2.05, 4.69) is 30.0 Å². The minimum absolute atomic E-state index is 0.182. The third-order valence-electron chi connectivity index (χ3n) is 4.32. The maximum atomic E-state index is 11.6. The number of aryl methyl sites for hydroxylation is 1. The molecule has 0 aromatic heterocycles. The van der Waals surface area contributed by atoms with Crippen molar-refractivity contribution < 1.29 is 9.90 Å². The van der Waals surface area contributed by atoms with E-state index in [1.165, 1.54) is 16.8 Å². The molecule has 0 radical (unpaired) electrons. The van der Waals surface area contributed by atoms with Gasteiger partial charge in [0.05, 0.1) is 6.10 Å². The highest BCUT2D eigenvalue weighted by Gasteiger charge is 2.26. The summed E-state index contributed by atoms with van der Waals surface area (Å²) in [6.45, 7) is 4.96. The minimum atomic E-state index is -0.470. The molecule has 0 spiro atoms. The number of aliphatic hydroxyl groups excluding tert-OH is 1. The molecule has 2 heterocycles. The molecule has 3 rings (SSSR count). The fourth-order valence-electron chi connectivity index (χ4n) is 3.39. The number of para-hydroxylation sites is 1. The number of hydrogen-bond acceptors (Lipinski definition) is 3. The summed E-state index contributed by atoms with van der Waals surface area (Å²) in [6.07, 6.45) is 2.14. The second kappa shape index (κ2) is 5.44. The molecular formula is C16H22N2O2. The van der Waals surface area contributed by atoms with Crippen LogP contribution in [0.5, 0.6) is 0 Å². The van der Waals surface area contributed by atoms with E-state index < -0.39 is 6.10 Å². The van der Waals surface area contributed by atoms with Crippen LogP contribution in [0.25, 0.3) is 0 Å². The lowest BCUT2D eigenvalue weighted by atomic mass is 10.1. The molecular weight excluding hydrogens is 252 g/mol. The molecule has 1 saturated heterocycles. The van der Waals surface area contributed by atoms with Crippen molar-refractivity contribution in [1.82, 2.24) is 4.90 Å². The van der Waals surface area contributed by atoms with Crippen molar-refractivity contribution in [2.75, 3.05) is 31.1 Å². The summed E-state index contributed by atoms with van der Waals surface area (Å²) >= 11 is 0. The van der Waals surface area contributed by atoms with Crippen molar-refractivity contribution in [2.45, 2.75) is 32.3 Å². The van der Waals surface area contributed by atoms with Crippen LogP contribution >= 0.6 is 0 Å². The maximum Gasteiger partial charge on any atom is 0.222 e. The Morgan fingerprint density at radius 1 is 1.20 bits per heavy atom. The first-order chi connectivity index (χ1) is 9.65. The fraction of sp³-hybridized carbons (Fsp3) is 0.562. The van der Waals surface area contributed by atoms with Gasteiger partial charge in [-0.15, -0.1) is 0 Å². The first-order valence-electron chi connectivity index (χ1n) is 7.44. The number of aliphatic hydroxyl groups is 1. The average Bonchev–Trinajstić information content (AvgIpc) is 2.98. The molecule has 0 aliphatic carbocycles. The van der Waals surface area contributed by atoms with Crippen LogP contribution in [0.4, 0.5) is 5.69 Å². The van der Waals surface area contributed by atoms with Gasteiger partial charge in [-0.2, -0.15) is 0 Å². The van der Waals surface area contributed by atoms with E-state index in [-0.39, 0.29) is 5.91 Å². The normalized spacial score (nSPS) is 19.6. The van der Waals surface area contributed by atoms with Crippen molar-refractivity contribution in [3.63, 3.8) is 0 Å². The third kappa shape index (κ3) is 2.52. The zero-order chi connectivity index (χ0) is 14.1. The molecule has 1 atom stereocenters. The zero-order valence-corrected chi connectivity index (χ0v) is 12.0. The van der Waals surface area contributed by atoms with E-state index in [0.29, 0.717) is 19.5 Å². The third-order valence-corrected chi connectivity index (χ3v) is 4.32. The average molecular weight is 274 g/mol. The second-order valence-electron chi connectivity index (χ2n) is 5.88. The molecule has 1 N–H and O–H groups in total. The van der Waals surface area contributed by atoms with Crippen LogP contribution in [-0.2, 0) is 11.2 Å². The topological polar surface area (TPSA) is 43.8 Å². The first kappa shape index (κ1) is 13.4. The Bertz CT molecular complexity index is 515. The van der Waals surface area contributed by atoms with Crippen molar-refractivity contribution in [3.05, 3.63) is 29.3 Å². The predicted molar refractivity (Wildman–Crippen MR) is 78.9 cm³/mol. The van der Waals surface area contributed by atoms with Gasteiger partial charge in [-0.05, 0) is 30.9 Å². The first-order valence-corrected chi connectivity index (χ1v) is 7.44. The van der Waals surface area contributed by atoms with Gasteiger partial charge in [-0.1, -0.05) is 18.2 Å². The second-order valence-corrected chi connectivity index (χ2v) is 5.88. The molecule has 0 bridgehead atoms. The number of hydrogen-bond donors (Lipinski definition) is 1. The van der Waals surface area contributed by atoms with Gasteiger partial charge < -0.3 is 14.9 Å². The van der Waals surface area contributed by atoms with Crippen molar-refractivity contribution in [3.8, 4) is 0 Å². The summed E-state index contributed by atoms with van der Waals surface area (Å²) in [5, 5.41) is 10.3. The van der Waals surface area contributed by atoms with E-state index in [4.69, 9.17) is 0 Å². The Balaban J connectivity index is 1.63. The van der Waals surface area contributed by atoms with E-state index in [1.54, 1.807) is 4.90 Å². The Kier molecular flexibility index (Phi) is 3.66. The summed E-state index contributed by atoms with van der Waals surface area (Å²) in [4.78, 5) is 15.7. The fourth-order valence-corrected chi connectivity index (χ4v) is 3.39. The van der Waals surface area contributed by atoms with Gasteiger partial charge in [-0.25, -0.2) is 0 Å². The molecule has 4 nitrogen and oxygen atoms in total. The Morgan fingerprint density at radius 3 is 2.75 bits per heavy atom. The Labute approximate surface area is 120 Å². The number of carbonyl (C=O) groups excluding carboxylic acids is 1. The molecule has 1 amide bonds. The number of carbonyl (C=O) groups is 1.